The lowest BCUT2D eigenvalue weighted by atomic mass is 9.82. The van der Waals surface area contributed by atoms with E-state index in [0.29, 0.717) is 5.92 Å². The van der Waals surface area contributed by atoms with Gasteiger partial charge in [0.15, 0.2) is 0 Å². The van der Waals surface area contributed by atoms with E-state index in [2.05, 4.69) is 33.4 Å². The van der Waals surface area contributed by atoms with Crippen LogP contribution >= 0.6 is 0 Å². The molecule has 0 spiro atoms. The van der Waals surface area contributed by atoms with Gasteiger partial charge in [-0.2, -0.15) is 0 Å². The van der Waals surface area contributed by atoms with Crippen LogP contribution in [0.25, 0.3) is 0 Å². The van der Waals surface area contributed by atoms with Gasteiger partial charge in [0.1, 0.15) is 0 Å². The lowest BCUT2D eigenvalue weighted by Crippen LogP contribution is -2.24. The third kappa shape index (κ3) is 3.83. The fourth-order valence-electron chi connectivity index (χ4n) is 2.12. The third-order valence-corrected chi connectivity index (χ3v) is 3.41. The second kappa shape index (κ2) is 4.98. The molecule has 1 heteroatoms. The van der Waals surface area contributed by atoms with Crippen molar-refractivity contribution in [1.82, 2.24) is 0 Å². The number of hydrogen-bond donors (Lipinski definition) is 0. The molecule has 0 N–H and O–H groups in total. The highest BCUT2D eigenvalue weighted by Crippen LogP contribution is 2.32. The first-order valence-corrected chi connectivity index (χ1v) is 5.83. The molecule has 0 saturated carbocycles. The van der Waals surface area contributed by atoms with E-state index in [9.17, 15) is 0 Å². The Labute approximate surface area is 94.2 Å². The smallest absolute Gasteiger partial charge is 0.0659 e. The topological polar surface area (TPSA) is 9.23 Å². The third-order valence-electron chi connectivity index (χ3n) is 3.41. The molecule has 0 unspecified atom stereocenters. The van der Waals surface area contributed by atoms with Crippen molar-refractivity contribution in [2.24, 2.45) is 5.92 Å². The van der Waals surface area contributed by atoms with Gasteiger partial charge in [0.2, 0.25) is 0 Å². The van der Waals surface area contributed by atoms with E-state index < -0.39 is 0 Å². The minimum atomic E-state index is -0.0120. The Hall–Kier alpha value is -0.560. The van der Waals surface area contributed by atoms with Crippen molar-refractivity contribution in [1.29, 1.82) is 0 Å². The molecule has 0 bridgehead atoms. The minimum absolute atomic E-state index is 0.0120. The average Bonchev–Trinajstić information content (AvgIpc) is 2.18. The van der Waals surface area contributed by atoms with Gasteiger partial charge in [-0.05, 0) is 52.4 Å². The molecule has 1 nitrogen and oxygen atoms in total. The first kappa shape index (κ1) is 12.5. The highest BCUT2D eigenvalue weighted by atomic mass is 16.5. The van der Waals surface area contributed by atoms with Crippen LogP contribution in [0.15, 0.2) is 23.8 Å². The highest BCUT2D eigenvalue weighted by molar-refractivity contribution is 5.13. The predicted octanol–water partition coefficient (Wildman–Crippen LogP) is 4.10. The van der Waals surface area contributed by atoms with Crippen molar-refractivity contribution in [3.63, 3.8) is 0 Å². The van der Waals surface area contributed by atoms with Crippen LogP contribution < -0.4 is 0 Å². The van der Waals surface area contributed by atoms with Gasteiger partial charge in [-0.1, -0.05) is 23.8 Å². The zero-order chi connectivity index (χ0) is 11.5. The normalized spacial score (nSPS) is 22.4. The summed E-state index contributed by atoms with van der Waals surface area (Å²) >= 11 is 0. The molecule has 0 radical (unpaired) electrons. The van der Waals surface area contributed by atoms with E-state index in [1.807, 2.05) is 0 Å². The van der Waals surface area contributed by atoms with Crippen LogP contribution in [0, 0.1) is 5.92 Å². The van der Waals surface area contributed by atoms with Crippen molar-refractivity contribution in [3.8, 4) is 0 Å². The second-order valence-electron chi connectivity index (χ2n) is 5.32. The van der Waals surface area contributed by atoms with Crippen LogP contribution in [0.3, 0.4) is 0 Å². The summed E-state index contributed by atoms with van der Waals surface area (Å²) in [7, 11) is 1.79. The molecule has 0 heterocycles. The Balaban J connectivity index is 2.51. The van der Waals surface area contributed by atoms with Gasteiger partial charge in [0.05, 0.1) is 5.60 Å². The summed E-state index contributed by atoms with van der Waals surface area (Å²) < 4.78 is 5.46. The Kier molecular flexibility index (Phi) is 4.15. The number of ether oxygens (including phenoxy) is 1. The van der Waals surface area contributed by atoms with Gasteiger partial charge < -0.3 is 4.74 Å². The minimum Gasteiger partial charge on any atom is -0.378 e. The van der Waals surface area contributed by atoms with Gasteiger partial charge in [-0.25, -0.2) is 0 Å². The van der Waals surface area contributed by atoms with E-state index in [4.69, 9.17) is 4.74 Å². The molecule has 1 aliphatic rings. The molecule has 0 aliphatic heterocycles. The highest BCUT2D eigenvalue weighted by Gasteiger charge is 2.21. The molecular weight excluding hydrogens is 184 g/mol. The lowest BCUT2D eigenvalue weighted by Gasteiger charge is -2.28. The zero-order valence-corrected chi connectivity index (χ0v) is 10.6. The largest absolute Gasteiger partial charge is 0.378 e. The summed E-state index contributed by atoms with van der Waals surface area (Å²) in [4.78, 5) is 0. The Morgan fingerprint density at radius 3 is 2.67 bits per heavy atom. The van der Waals surface area contributed by atoms with Crippen molar-refractivity contribution in [3.05, 3.63) is 23.8 Å². The van der Waals surface area contributed by atoms with Crippen LogP contribution in [0.5, 0.6) is 0 Å². The van der Waals surface area contributed by atoms with E-state index in [1.165, 1.54) is 24.8 Å². The summed E-state index contributed by atoms with van der Waals surface area (Å²) in [6.45, 7) is 10.5. The summed E-state index contributed by atoms with van der Waals surface area (Å²) in [5.41, 5.74) is 2.87. The van der Waals surface area contributed by atoms with Gasteiger partial charge in [-0.3, -0.25) is 0 Å². The average molecular weight is 208 g/mol. The van der Waals surface area contributed by atoms with E-state index in [0.717, 1.165) is 6.42 Å². The lowest BCUT2D eigenvalue weighted by molar-refractivity contribution is 0.0222. The second-order valence-corrected chi connectivity index (χ2v) is 5.32. The van der Waals surface area contributed by atoms with Crippen LogP contribution in [0.4, 0.5) is 0 Å². The summed E-state index contributed by atoms with van der Waals surface area (Å²) in [6.07, 6.45) is 7.10. The van der Waals surface area contributed by atoms with Crippen LogP contribution in [0.1, 0.15) is 46.5 Å². The molecule has 1 rings (SSSR count). The van der Waals surface area contributed by atoms with Crippen LogP contribution in [-0.4, -0.2) is 12.7 Å². The molecule has 0 aromatic carbocycles. The van der Waals surface area contributed by atoms with Crippen LogP contribution in [0.2, 0.25) is 0 Å². The SMILES string of the molecule is C=C(C)[C@@H]1CC=C(CC(C)(C)OC)CC1. The summed E-state index contributed by atoms with van der Waals surface area (Å²) in [6, 6.07) is 0. The molecule has 0 aromatic rings. The fourth-order valence-corrected chi connectivity index (χ4v) is 2.12. The number of rotatable bonds is 4. The van der Waals surface area contributed by atoms with Gasteiger partial charge in [0, 0.05) is 7.11 Å². The number of methoxy groups -OCH3 is 1. The maximum Gasteiger partial charge on any atom is 0.0659 e. The molecule has 15 heavy (non-hydrogen) atoms. The van der Waals surface area contributed by atoms with E-state index in [1.54, 1.807) is 12.7 Å². The molecule has 0 aromatic heterocycles. The number of allylic oxidation sites excluding steroid dienone is 2. The van der Waals surface area contributed by atoms with Crippen molar-refractivity contribution >= 4 is 0 Å². The Morgan fingerprint density at radius 2 is 2.27 bits per heavy atom. The predicted molar refractivity (Wildman–Crippen MR) is 65.9 cm³/mol. The molecule has 1 atom stereocenters. The fraction of sp³-hybridized carbons (Fsp3) is 0.714. The molecule has 1 aliphatic carbocycles. The Morgan fingerprint density at radius 1 is 1.60 bits per heavy atom. The Bertz CT molecular complexity index is 261. The van der Waals surface area contributed by atoms with Crippen LogP contribution in [-0.2, 0) is 4.74 Å². The zero-order valence-electron chi connectivity index (χ0n) is 10.6. The van der Waals surface area contributed by atoms with E-state index in [-0.39, 0.29) is 5.60 Å². The van der Waals surface area contributed by atoms with Gasteiger partial charge in [-0.15, -0.1) is 0 Å². The molecule has 0 fully saturated rings. The van der Waals surface area contributed by atoms with Gasteiger partial charge in [0.25, 0.3) is 0 Å². The van der Waals surface area contributed by atoms with E-state index >= 15 is 0 Å². The monoisotopic (exact) mass is 208 g/mol. The molecule has 0 amide bonds. The van der Waals surface area contributed by atoms with Crippen molar-refractivity contribution in [2.45, 2.75) is 52.1 Å². The summed E-state index contributed by atoms with van der Waals surface area (Å²) in [5, 5.41) is 0. The quantitative estimate of drug-likeness (QED) is 0.632. The first-order chi connectivity index (χ1) is 6.94. The molecule has 0 saturated heterocycles. The molecule has 86 valence electrons. The molecular formula is C14H24O. The standard InChI is InChI=1S/C14H24O/c1-11(2)13-8-6-12(7-9-13)10-14(3,4)15-5/h6,13H,1,7-10H2,2-5H3/t13-/m1/s1. The first-order valence-electron chi connectivity index (χ1n) is 5.83. The summed E-state index contributed by atoms with van der Waals surface area (Å²) in [5.74, 6) is 0.708. The van der Waals surface area contributed by atoms with Crippen molar-refractivity contribution < 1.29 is 4.74 Å². The maximum atomic E-state index is 5.46. The number of hydrogen-bond acceptors (Lipinski definition) is 1. The van der Waals surface area contributed by atoms with Crippen molar-refractivity contribution in [2.75, 3.05) is 7.11 Å². The maximum absolute atomic E-state index is 5.46. The van der Waals surface area contributed by atoms with Gasteiger partial charge >= 0.3 is 0 Å².